The molecule has 7 nitrogen and oxygen atoms in total. The number of nitrogens with zero attached hydrogens (tertiary/aromatic N) is 2. The Labute approximate surface area is 127 Å². The van der Waals surface area contributed by atoms with E-state index in [2.05, 4.69) is 27.2 Å². The number of carbonyl (C=O) groups is 1. The van der Waals surface area contributed by atoms with Gasteiger partial charge in [-0.05, 0) is 26.8 Å². The van der Waals surface area contributed by atoms with Crippen molar-refractivity contribution in [3.8, 4) is 11.8 Å². The smallest absolute Gasteiger partial charge is 0.407 e. The third kappa shape index (κ3) is 4.38. The summed E-state index contributed by atoms with van der Waals surface area (Å²) in [4.78, 5) is 25.4. The van der Waals surface area contributed by atoms with Gasteiger partial charge >= 0.3 is 6.09 Å². The van der Waals surface area contributed by atoms with Gasteiger partial charge in [0.2, 0.25) is 0 Å². The Kier molecular flexibility index (Phi) is 4.51. The highest BCUT2D eigenvalue weighted by molar-refractivity contribution is 5.67. The molecule has 0 radical (unpaired) electrons. The number of aromatic amines is 1. The highest BCUT2D eigenvalue weighted by atomic mass is 16.6. The summed E-state index contributed by atoms with van der Waals surface area (Å²) in [5, 5.41) is 6.61. The van der Waals surface area contributed by atoms with E-state index >= 15 is 0 Å². The number of H-pyrrole nitrogens is 1. The van der Waals surface area contributed by atoms with Crippen molar-refractivity contribution in [2.75, 3.05) is 6.54 Å². The molecule has 0 unspecified atom stereocenters. The Balaban J connectivity index is 1.87. The highest BCUT2D eigenvalue weighted by Gasteiger charge is 2.15. The van der Waals surface area contributed by atoms with Crippen LogP contribution in [-0.4, -0.2) is 32.8 Å². The lowest BCUT2D eigenvalue weighted by Crippen LogP contribution is -2.32. The van der Waals surface area contributed by atoms with Gasteiger partial charge in [0.15, 0.2) is 0 Å². The first-order chi connectivity index (χ1) is 10.3. The number of ether oxygens (including phenoxy) is 1. The van der Waals surface area contributed by atoms with Crippen LogP contribution in [0.1, 0.15) is 32.8 Å². The minimum atomic E-state index is -0.511. The van der Waals surface area contributed by atoms with E-state index in [4.69, 9.17) is 4.74 Å². The second kappa shape index (κ2) is 6.35. The van der Waals surface area contributed by atoms with Gasteiger partial charge in [-0.25, -0.2) is 9.31 Å². The summed E-state index contributed by atoms with van der Waals surface area (Å²) in [5.74, 6) is 5.85. The third-order valence-electron chi connectivity index (χ3n) is 2.56. The first-order valence-corrected chi connectivity index (χ1v) is 6.87. The Morgan fingerprint density at radius 3 is 2.95 bits per heavy atom. The largest absolute Gasteiger partial charge is 0.444 e. The Hall–Kier alpha value is -2.75. The van der Waals surface area contributed by atoms with Gasteiger partial charge in [0, 0.05) is 24.7 Å². The van der Waals surface area contributed by atoms with Gasteiger partial charge in [-0.1, -0.05) is 11.8 Å². The minimum absolute atomic E-state index is 0.213. The van der Waals surface area contributed by atoms with Crippen molar-refractivity contribution in [2.45, 2.75) is 32.8 Å². The maximum Gasteiger partial charge on any atom is 0.407 e. The van der Waals surface area contributed by atoms with Crippen LogP contribution in [0.3, 0.4) is 0 Å². The molecule has 0 aliphatic heterocycles. The molecule has 2 rings (SSSR count). The summed E-state index contributed by atoms with van der Waals surface area (Å²) >= 11 is 0. The minimum Gasteiger partial charge on any atom is -0.444 e. The lowest BCUT2D eigenvalue weighted by atomic mass is 10.2. The Morgan fingerprint density at radius 2 is 2.27 bits per heavy atom. The maximum absolute atomic E-state index is 11.5. The number of aromatic nitrogens is 3. The summed E-state index contributed by atoms with van der Waals surface area (Å²) in [7, 11) is 0. The molecule has 0 aliphatic rings. The van der Waals surface area contributed by atoms with E-state index in [1.807, 2.05) is 0 Å². The SMILES string of the molecule is CC(C)(C)OC(=O)NCCC#Cc1cc2c(=O)[nH]cnn2c1. The van der Waals surface area contributed by atoms with E-state index in [-0.39, 0.29) is 5.56 Å². The number of carbonyl (C=O) groups excluding carboxylic acids is 1. The van der Waals surface area contributed by atoms with Crippen LogP contribution in [0.2, 0.25) is 0 Å². The molecule has 116 valence electrons. The highest BCUT2D eigenvalue weighted by Crippen LogP contribution is 2.06. The summed E-state index contributed by atoms with van der Waals surface area (Å²) in [6.07, 6.45) is 3.03. The normalized spacial score (nSPS) is 10.9. The van der Waals surface area contributed by atoms with E-state index < -0.39 is 11.7 Å². The zero-order chi connectivity index (χ0) is 16.2. The predicted molar refractivity (Wildman–Crippen MR) is 81.5 cm³/mol. The molecule has 2 N–H and O–H groups in total. The van der Waals surface area contributed by atoms with E-state index in [1.54, 1.807) is 33.0 Å². The quantitative estimate of drug-likeness (QED) is 0.646. The average molecular weight is 302 g/mol. The van der Waals surface area contributed by atoms with Crippen LogP contribution in [0.5, 0.6) is 0 Å². The number of alkyl carbamates (subject to hydrolysis) is 1. The third-order valence-corrected chi connectivity index (χ3v) is 2.56. The summed E-state index contributed by atoms with van der Waals surface area (Å²) in [6.45, 7) is 5.81. The number of nitrogens with one attached hydrogen (secondary N) is 2. The molecule has 2 aromatic rings. The maximum atomic E-state index is 11.5. The average Bonchev–Trinajstić information content (AvgIpc) is 2.80. The van der Waals surface area contributed by atoms with Gasteiger partial charge in [-0.15, -0.1) is 0 Å². The molecule has 2 heterocycles. The summed E-state index contributed by atoms with van der Waals surface area (Å²) < 4.78 is 6.58. The predicted octanol–water partition coefficient (Wildman–Crippen LogP) is 1.29. The molecule has 0 fully saturated rings. The van der Waals surface area contributed by atoms with Crippen LogP contribution in [0.15, 0.2) is 23.4 Å². The molecular formula is C15H18N4O3. The first-order valence-electron chi connectivity index (χ1n) is 6.87. The Morgan fingerprint density at radius 1 is 1.50 bits per heavy atom. The molecule has 1 amide bonds. The molecule has 0 atom stereocenters. The zero-order valence-electron chi connectivity index (χ0n) is 12.8. The first kappa shape index (κ1) is 15.6. The molecule has 22 heavy (non-hydrogen) atoms. The Bertz CT molecular complexity index is 787. The number of amides is 1. The molecule has 0 aromatic carbocycles. The molecule has 2 aromatic heterocycles. The molecule has 0 saturated heterocycles. The van der Waals surface area contributed by atoms with Gasteiger partial charge in [0.05, 0.1) is 0 Å². The van der Waals surface area contributed by atoms with E-state index in [0.717, 1.165) is 0 Å². The molecule has 0 spiro atoms. The number of fused-ring (bicyclic) bond motifs is 1. The fourth-order valence-electron chi connectivity index (χ4n) is 1.71. The standard InChI is InChI=1S/C15H18N4O3/c1-15(2,3)22-14(21)16-7-5-4-6-11-8-12-13(20)17-10-18-19(12)9-11/h8-10H,5,7H2,1-3H3,(H,16,21)(H,17,18,20). The van der Waals surface area contributed by atoms with Crippen LogP contribution < -0.4 is 10.9 Å². The number of hydrogen-bond donors (Lipinski definition) is 2. The summed E-state index contributed by atoms with van der Waals surface area (Å²) in [6, 6.07) is 1.67. The van der Waals surface area contributed by atoms with Crippen molar-refractivity contribution < 1.29 is 9.53 Å². The van der Waals surface area contributed by atoms with Gasteiger partial charge in [-0.3, -0.25) is 4.79 Å². The fourth-order valence-corrected chi connectivity index (χ4v) is 1.71. The molecule has 7 heteroatoms. The fraction of sp³-hybridized carbons (Fsp3) is 0.400. The second-order valence-electron chi connectivity index (χ2n) is 5.66. The van der Waals surface area contributed by atoms with Crippen LogP contribution in [0.25, 0.3) is 5.52 Å². The summed E-state index contributed by atoms with van der Waals surface area (Å²) in [5.41, 5.74) is 0.414. The van der Waals surface area contributed by atoms with Crippen LogP contribution >= 0.6 is 0 Å². The second-order valence-corrected chi connectivity index (χ2v) is 5.66. The van der Waals surface area contributed by atoms with E-state index in [1.165, 1.54) is 10.8 Å². The van der Waals surface area contributed by atoms with Crippen molar-refractivity contribution >= 4 is 11.6 Å². The molecule has 0 saturated carbocycles. The van der Waals surface area contributed by atoms with Crippen molar-refractivity contribution in [2.24, 2.45) is 0 Å². The van der Waals surface area contributed by atoms with Gasteiger partial charge in [0.1, 0.15) is 17.4 Å². The van der Waals surface area contributed by atoms with Crippen LogP contribution in [0, 0.1) is 11.8 Å². The topological polar surface area (TPSA) is 88.5 Å². The van der Waals surface area contributed by atoms with Crippen molar-refractivity contribution in [1.82, 2.24) is 19.9 Å². The molecule has 0 aliphatic carbocycles. The van der Waals surface area contributed by atoms with Gasteiger partial charge in [-0.2, -0.15) is 5.10 Å². The number of rotatable bonds is 2. The van der Waals surface area contributed by atoms with Crippen LogP contribution in [0.4, 0.5) is 4.79 Å². The van der Waals surface area contributed by atoms with Crippen LogP contribution in [-0.2, 0) is 4.74 Å². The van der Waals surface area contributed by atoms with E-state index in [0.29, 0.717) is 24.0 Å². The molecule has 0 bridgehead atoms. The van der Waals surface area contributed by atoms with Crippen molar-refractivity contribution in [1.29, 1.82) is 0 Å². The molecular weight excluding hydrogens is 284 g/mol. The van der Waals surface area contributed by atoms with Gasteiger partial charge < -0.3 is 15.0 Å². The number of hydrogen-bond acceptors (Lipinski definition) is 4. The van der Waals surface area contributed by atoms with Crippen molar-refractivity contribution in [3.05, 3.63) is 34.5 Å². The van der Waals surface area contributed by atoms with Gasteiger partial charge in [0.25, 0.3) is 5.56 Å². The monoisotopic (exact) mass is 302 g/mol. The lowest BCUT2D eigenvalue weighted by molar-refractivity contribution is 0.0529. The lowest BCUT2D eigenvalue weighted by Gasteiger charge is -2.19. The zero-order valence-corrected chi connectivity index (χ0v) is 12.8. The van der Waals surface area contributed by atoms with E-state index in [9.17, 15) is 9.59 Å². The van der Waals surface area contributed by atoms with Crippen molar-refractivity contribution in [3.63, 3.8) is 0 Å².